The Morgan fingerprint density at radius 1 is 1.21 bits per heavy atom. The molecule has 0 rings (SSSR count). The molecule has 0 aromatic heterocycles. The Morgan fingerprint density at radius 3 is 2.00 bits per heavy atom. The molecule has 0 heterocycles. The topological polar surface area (TPSA) is 0 Å². The SMILES string of the molecule is C=C/C=C(\C=C/CC)S(F)(F)(F)(F)F. The van der Waals surface area contributed by atoms with Crippen molar-refractivity contribution in [3.63, 3.8) is 0 Å². The molecular formula is C8H11F5S. The van der Waals surface area contributed by atoms with E-state index in [0.717, 1.165) is 6.08 Å². The summed E-state index contributed by atoms with van der Waals surface area (Å²) in [5.74, 6) is 0. The highest BCUT2D eigenvalue weighted by atomic mass is 32.5. The van der Waals surface area contributed by atoms with Crippen LogP contribution in [0.2, 0.25) is 0 Å². The van der Waals surface area contributed by atoms with Crippen molar-refractivity contribution in [2.45, 2.75) is 13.3 Å². The zero-order valence-electron chi connectivity index (χ0n) is 7.52. The van der Waals surface area contributed by atoms with Crippen molar-refractivity contribution in [1.29, 1.82) is 0 Å². The monoisotopic (exact) mass is 234 g/mol. The Hall–Kier alpha value is -0.780. The van der Waals surface area contributed by atoms with Crippen molar-refractivity contribution in [1.82, 2.24) is 0 Å². The van der Waals surface area contributed by atoms with Gasteiger partial charge >= 0.3 is 10.2 Å². The molecule has 0 amide bonds. The van der Waals surface area contributed by atoms with E-state index in [-0.39, 0.29) is 12.5 Å². The van der Waals surface area contributed by atoms with Gasteiger partial charge < -0.3 is 0 Å². The summed E-state index contributed by atoms with van der Waals surface area (Å²) < 4.78 is 61.1. The van der Waals surface area contributed by atoms with Gasteiger partial charge in [-0.15, -0.1) is 0 Å². The van der Waals surface area contributed by atoms with Gasteiger partial charge in [-0.3, -0.25) is 0 Å². The van der Waals surface area contributed by atoms with Crippen molar-refractivity contribution in [3.05, 3.63) is 35.8 Å². The molecule has 0 nitrogen and oxygen atoms in total. The lowest BCUT2D eigenvalue weighted by molar-refractivity contribution is 0.380. The normalized spacial score (nSPS) is 19.1. The molecule has 0 aromatic carbocycles. The summed E-state index contributed by atoms with van der Waals surface area (Å²) in [5, 5.41) is 0. The third-order valence-corrected chi connectivity index (χ3v) is 2.41. The van der Waals surface area contributed by atoms with E-state index in [1.54, 1.807) is 6.92 Å². The predicted octanol–water partition coefficient (Wildman–Crippen LogP) is 5.32. The molecular weight excluding hydrogens is 223 g/mol. The molecule has 0 N–H and O–H groups in total. The van der Waals surface area contributed by atoms with Crippen LogP contribution in [-0.2, 0) is 0 Å². The van der Waals surface area contributed by atoms with E-state index < -0.39 is 15.1 Å². The Kier molecular flexibility index (Phi) is 2.94. The zero-order valence-corrected chi connectivity index (χ0v) is 8.34. The van der Waals surface area contributed by atoms with Gasteiger partial charge in [-0.1, -0.05) is 45.1 Å². The molecule has 0 fully saturated rings. The Bertz CT molecular complexity index is 281. The molecule has 0 spiro atoms. The summed E-state index contributed by atoms with van der Waals surface area (Å²) in [7, 11) is -9.54. The molecule has 0 aliphatic carbocycles. The van der Waals surface area contributed by atoms with Gasteiger partial charge in [-0.25, -0.2) is 0 Å². The molecule has 0 aliphatic rings. The largest absolute Gasteiger partial charge is 0.310 e. The first-order valence-electron chi connectivity index (χ1n) is 3.74. The highest BCUT2D eigenvalue weighted by Gasteiger charge is 2.66. The maximum absolute atomic E-state index is 12.2. The van der Waals surface area contributed by atoms with Gasteiger partial charge in [-0.05, 0) is 18.6 Å². The standard InChI is InChI=1S/C8H11F5S/c1-3-5-7-8(6-4-2)14(9,10,11,12)13/h4-7H,2-3H2,1H3/b7-5-,8-6+. The van der Waals surface area contributed by atoms with E-state index >= 15 is 0 Å². The third-order valence-electron chi connectivity index (χ3n) is 1.25. The fourth-order valence-electron chi connectivity index (χ4n) is 0.663. The highest BCUT2D eigenvalue weighted by molar-refractivity contribution is 8.48. The second-order valence-corrected chi connectivity index (χ2v) is 4.99. The Balaban J connectivity index is 5.38. The molecule has 0 bridgehead atoms. The van der Waals surface area contributed by atoms with Crippen LogP contribution in [-0.4, -0.2) is 0 Å². The summed E-state index contributed by atoms with van der Waals surface area (Å²) in [6.45, 7) is 4.51. The van der Waals surface area contributed by atoms with E-state index in [4.69, 9.17) is 0 Å². The first kappa shape index (κ1) is 13.2. The minimum Gasteiger partial charge on any atom is -0.0990 e. The molecule has 0 saturated carbocycles. The fraction of sp³-hybridized carbons (Fsp3) is 0.250. The molecule has 14 heavy (non-hydrogen) atoms. The summed E-state index contributed by atoms with van der Waals surface area (Å²) in [6, 6.07) is 0. The Morgan fingerprint density at radius 2 is 1.71 bits per heavy atom. The molecule has 0 radical (unpaired) electrons. The van der Waals surface area contributed by atoms with Crippen molar-refractivity contribution < 1.29 is 19.4 Å². The zero-order chi connectivity index (χ0) is 11.5. The third kappa shape index (κ3) is 4.45. The smallest absolute Gasteiger partial charge is 0.0990 e. The van der Waals surface area contributed by atoms with E-state index in [1.165, 1.54) is 0 Å². The number of hydrogen-bond donors (Lipinski definition) is 0. The van der Waals surface area contributed by atoms with Crippen LogP contribution >= 0.6 is 10.2 Å². The molecule has 0 unspecified atom stereocenters. The molecule has 0 aromatic rings. The van der Waals surface area contributed by atoms with E-state index in [0.29, 0.717) is 12.2 Å². The average molecular weight is 234 g/mol. The molecule has 84 valence electrons. The molecule has 0 atom stereocenters. The quantitative estimate of drug-likeness (QED) is 0.456. The van der Waals surface area contributed by atoms with Crippen molar-refractivity contribution in [3.8, 4) is 0 Å². The van der Waals surface area contributed by atoms with Gasteiger partial charge in [0.2, 0.25) is 0 Å². The van der Waals surface area contributed by atoms with Crippen LogP contribution in [0.25, 0.3) is 0 Å². The van der Waals surface area contributed by atoms with E-state index in [2.05, 4.69) is 6.58 Å². The van der Waals surface area contributed by atoms with Crippen LogP contribution in [0.3, 0.4) is 0 Å². The summed E-state index contributed by atoms with van der Waals surface area (Å²) in [5.41, 5.74) is 0. The Labute approximate surface area is 79.5 Å². The van der Waals surface area contributed by atoms with Crippen molar-refractivity contribution >= 4 is 10.2 Å². The van der Waals surface area contributed by atoms with Crippen LogP contribution < -0.4 is 0 Å². The first-order valence-corrected chi connectivity index (χ1v) is 5.69. The van der Waals surface area contributed by atoms with Crippen LogP contribution in [0.5, 0.6) is 0 Å². The lowest BCUT2D eigenvalue weighted by Crippen LogP contribution is -2.07. The van der Waals surface area contributed by atoms with Crippen LogP contribution in [0, 0.1) is 0 Å². The van der Waals surface area contributed by atoms with Crippen molar-refractivity contribution in [2.75, 3.05) is 0 Å². The van der Waals surface area contributed by atoms with E-state index in [1.807, 2.05) is 0 Å². The first-order chi connectivity index (χ1) is 6.01. The maximum atomic E-state index is 12.2. The van der Waals surface area contributed by atoms with Gasteiger partial charge in [0.25, 0.3) is 0 Å². The molecule has 0 aliphatic heterocycles. The summed E-state index contributed by atoms with van der Waals surface area (Å²) >= 11 is 0. The van der Waals surface area contributed by atoms with Gasteiger partial charge in [0.1, 0.15) is 4.91 Å². The van der Waals surface area contributed by atoms with Crippen LogP contribution in [0.15, 0.2) is 35.8 Å². The van der Waals surface area contributed by atoms with Crippen LogP contribution in [0.1, 0.15) is 13.3 Å². The number of halogens is 5. The summed E-state index contributed by atoms with van der Waals surface area (Å²) in [4.78, 5) is -1.91. The van der Waals surface area contributed by atoms with Gasteiger partial charge in [0.15, 0.2) is 0 Å². The van der Waals surface area contributed by atoms with Crippen LogP contribution in [0.4, 0.5) is 19.4 Å². The number of hydrogen-bond acceptors (Lipinski definition) is 0. The maximum Gasteiger partial charge on any atom is 0.310 e. The average Bonchev–Trinajstić information content (AvgIpc) is 1.92. The number of allylic oxidation sites excluding steroid dienone is 4. The lowest BCUT2D eigenvalue weighted by Gasteiger charge is -2.41. The lowest BCUT2D eigenvalue weighted by atomic mass is 10.4. The van der Waals surface area contributed by atoms with Gasteiger partial charge in [0.05, 0.1) is 0 Å². The number of rotatable bonds is 4. The minimum absolute atomic E-state index is 0.252. The predicted molar refractivity (Wildman–Crippen MR) is 50.8 cm³/mol. The molecule has 6 heteroatoms. The van der Waals surface area contributed by atoms with E-state index in [9.17, 15) is 19.4 Å². The molecule has 0 saturated heterocycles. The minimum atomic E-state index is -9.54. The van der Waals surface area contributed by atoms with Gasteiger partial charge in [0, 0.05) is 0 Å². The fourth-order valence-corrected chi connectivity index (χ4v) is 1.37. The van der Waals surface area contributed by atoms with Crippen molar-refractivity contribution in [2.24, 2.45) is 0 Å². The highest BCUT2D eigenvalue weighted by Crippen LogP contribution is 3.02. The summed E-state index contributed by atoms with van der Waals surface area (Å²) in [6.07, 6.45) is 2.61. The second kappa shape index (κ2) is 3.12. The van der Waals surface area contributed by atoms with Gasteiger partial charge in [-0.2, -0.15) is 0 Å². The second-order valence-electron chi connectivity index (χ2n) is 2.58.